The predicted molar refractivity (Wildman–Crippen MR) is 242 cm³/mol. The minimum absolute atomic E-state index is 0. The number of hydrogen-bond donors (Lipinski definition) is 0. The van der Waals surface area contributed by atoms with Gasteiger partial charge in [0.2, 0.25) is 11.0 Å². The van der Waals surface area contributed by atoms with Gasteiger partial charge in [-0.1, -0.05) is 133 Å². The summed E-state index contributed by atoms with van der Waals surface area (Å²) in [6.45, 7) is 0. The molecule has 63 heavy (non-hydrogen) atoms. The minimum Gasteiger partial charge on any atom is -0.868 e. The number of nitrogens with zero attached hydrogens (tertiary/aromatic N) is 2. The van der Waals surface area contributed by atoms with Gasteiger partial charge in [-0.2, -0.15) is 0 Å². The van der Waals surface area contributed by atoms with E-state index in [4.69, 9.17) is 4.98 Å². The van der Waals surface area contributed by atoms with E-state index >= 15 is 0 Å². The Morgan fingerprint density at radius 1 is 0.397 bits per heavy atom. The van der Waals surface area contributed by atoms with E-state index in [-0.39, 0.29) is 49.2 Å². The first kappa shape index (κ1) is 39.9. The summed E-state index contributed by atoms with van der Waals surface area (Å²) in [7, 11) is 0. The van der Waals surface area contributed by atoms with E-state index in [0.717, 1.165) is 105 Å². The third-order valence-electron chi connectivity index (χ3n) is 12.2. The Hall–Kier alpha value is -7.16. The second kappa shape index (κ2) is 16.0. The Morgan fingerprint density at radius 3 is 1.65 bits per heavy atom. The number of imidazole rings is 1. The SMILES string of the molecule is [Li+].[Li+].[O-]c1ccc(-c2c3ccccc3c(-c3ccc([O-])c4[nH+]cccc34)c3c2ccc2c(-c4ccc(-c5nc6ccccc6n5-c5ccccc5)cc4)cccc23)c2ccc[nH+]c12. The van der Waals surface area contributed by atoms with Gasteiger partial charge in [-0.15, -0.1) is 0 Å². The van der Waals surface area contributed by atoms with Gasteiger partial charge < -0.3 is 10.2 Å². The molecule has 0 amide bonds. The van der Waals surface area contributed by atoms with Crippen LogP contribution in [0.2, 0.25) is 0 Å². The monoisotopic (exact) mass is 796 g/mol. The Morgan fingerprint density at radius 2 is 0.952 bits per heavy atom. The minimum atomic E-state index is -0.0556. The van der Waals surface area contributed by atoms with E-state index < -0.39 is 0 Å². The maximum atomic E-state index is 13.3. The first-order valence-corrected chi connectivity index (χ1v) is 20.4. The summed E-state index contributed by atoms with van der Waals surface area (Å²) in [5.74, 6) is 0.777. The number of pyridine rings is 2. The van der Waals surface area contributed by atoms with Crippen molar-refractivity contribution in [3.05, 3.63) is 194 Å². The quantitative estimate of drug-likeness (QED) is 0.136. The molecule has 286 valence electrons. The summed E-state index contributed by atoms with van der Waals surface area (Å²) in [5.41, 5.74) is 11.4. The molecule has 0 aliphatic rings. The molecule has 12 aromatic rings. The van der Waals surface area contributed by atoms with Gasteiger partial charge in [0.05, 0.1) is 21.8 Å². The van der Waals surface area contributed by atoms with Crippen LogP contribution in [0.15, 0.2) is 194 Å². The summed E-state index contributed by atoms with van der Waals surface area (Å²) in [6, 6.07) is 62.1. The van der Waals surface area contributed by atoms with Gasteiger partial charge >= 0.3 is 37.7 Å². The van der Waals surface area contributed by atoms with Crippen LogP contribution in [0, 0.1) is 0 Å². The van der Waals surface area contributed by atoms with Crippen molar-refractivity contribution in [2.24, 2.45) is 0 Å². The molecule has 3 aromatic heterocycles. The van der Waals surface area contributed by atoms with Crippen molar-refractivity contribution in [2.45, 2.75) is 0 Å². The van der Waals surface area contributed by atoms with Crippen LogP contribution < -0.4 is 57.9 Å². The summed E-state index contributed by atoms with van der Waals surface area (Å²) in [4.78, 5) is 11.6. The van der Waals surface area contributed by atoms with Crippen molar-refractivity contribution in [2.75, 3.05) is 0 Å². The van der Waals surface area contributed by atoms with Crippen LogP contribution in [-0.4, -0.2) is 9.55 Å². The average molecular weight is 797 g/mol. The van der Waals surface area contributed by atoms with E-state index in [2.05, 4.69) is 136 Å². The Kier molecular flexibility index (Phi) is 10.1. The molecule has 3 heterocycles. The fourth-order valence-corrected chi connectivity index (χ4v) is 9.54. The summed E-state index contributed by atoms with van der Waals surface area (Å²) in [6.07, 6.45) is 3.61. The predicted octanol–water partition coefficient (Wildman–Crippen LogP) is 5.24. The number of aromatic nitrogens is 4. The molecular formula is C55H34Li2N4O2+2. The molecule has 0 aliphatic carbocycles. The van der Waals surface area contributed by atoms with E-state index in [1.54, 1.807) is 24.5 Å². The number of H-pyrrole nitrogens is 2. The molecule has 0 spiro atoms. The second-order valence-electron chi connectivity index (χ2n) is 15.5. The molecule has 0 atom stereocenters. The normalized spacial score (nSPS) is 11.4. The van der Waals surface area contributed by atoms with E-state index in [0.29, 0.717) is 11.0 Å². The zero-order valence-corrected chi connectivity index (χ0v) is 34.7. The summed E-state index contributed by atoms with van der Waals surface area (Å²) < 4.78 is 2.23. The van der Waals surface area contributed by atoms with Crippen LogP contribution in [0.3, 0.4) is 0 Å². The van der Waals surface area contributed by atoms with Crippen molar-refractivity contribution in [3.63, 3.8) is 0 Å². The van der Waals surface area contributed by atoms with E-state index in [1.165, 1.54) is 0 Å². The topological polar surface area (TPSA) is 92.2 Å². The van der Waals surface area contributed by atoms with Crippen molar-refractivity contribution in [3.8, 4) is 62.0 Å². The summed E-state index contributed by atoms with van der Waals surface area (Å²) in [5, 5.41) is 34.6. The van der Waals surface area contributed by atoms with Crippen molar-refractivity contribution in [1.29, 1.82) is 0 Å². The zero-order valence-electron chi connectivity index (χ0n) is 34.7. The number of fused-ring (bicyclic) bond motifs is 7. The first-order chi connectivity index (χ1) is 30.1. The molecule has 0 aliphatic heterocycles. The van der Waals surface area contributed by atoms with Crippen LogP contribution in [0.4, 0.5) is 0 Å². The second-order valence-corrected chi connectivity index (χ2v) is 15.5. The molecular weight excluding hydrogens is 763 g/mol. The van der Waals surface area contributed by atoms with Gasteiger partial charge in [0.1, 0.15) is 5.82 Å². The molecule has 0 radical (unpaired) electrons. The average Bonchev–Trinajstić information content (AvgIpc) is 3.72. The number of hydrogen-bond acceptors (Lipinski definition) is 3. The molecule has 0 saturated carbocycles. The van der Waals surface area contributed by atoms with E-state index in [9.17, 15) is 10.2 Å². The van der Waals surface area contributed by atoms with Crippen molar-refractivity contribution < 1.29 is 57.9 Å². The molecule has 9 aromatic carbocycles. The fraction of sp³-hybridized carbons (Fsp3) is 0. The van der Waals surface area contributed by atoms with Crippen LogP contribution in [0.1, 0.15) is 0 Å². The Bertz CT molecular complexity index is 3740. The number of rotatable bonds is 5. The molecule has 0 unspecified atom stereocenters. The molecule has 8 heteroatoms. The van der Waals surface area contributed by atoms with Gasteiger partial charge in [-0.3, -0.25) is 4.57 Å². The van der Waals surface area contributed by atoms with Crippen LogP contribution >= 0.6 is 0 Å². The van der Waals surface area contributed by atoms with Crippen LogP contribution in [0.25, 0.3) is 116 Å². The first-order valence-electron chi connectivity index (χ1n) is 20.4. The third kappa shape index (κ3) is 6.31. The van der Waals surface area contributed by atoms with Gasteiger partial charge in [0.25, 0.3) is 0 Å². The van der Waals surface area contributed by atoms with Gasteiger partial charge in [-0.05, 0) is 114 Å². The maximum Gasteiger partial charge on any atom is 1.00 e. The number of aromatic amines is 2. The molecule has 2 N–H and O–H groups in total. The molecule has 0 fully saturated rings. The molecule has 0 bridgehead atoms. The van der Waals surface area contributed by atoms with Crippen molar-refractivity contribution >= 4 is 65.2 Å². The number of nitrogens with one attached hydrogen (secondary N) is 2. The van der Waals surface area contributed by atoms with Gasteiger partial charge in [0, 0.05) is 23.4 Å². The van der Waals surface area contributed by atoms with Crippen LogP contribution in [0.5, 0.6) is 11.5 Å². The van der Waals surface area contributed by atoms with E-state index in [1.807, 2.05) is 48.5 Å². The molecule has 12 rings (SSSR count). The Balaban J connectivity index is 0.00000236. The van der Waals surface area contributed by atoms with Crippen LogP contribution in [-0.2, 0) is 0 Å². The Labute approximate surface area is 386 Å². The fourth-order valence-electron chi connectivity index (χ4n) is 9.54. The van der Waals surface area contributed by atoms with Gasteiger partial charge in [-0.25, -0.2) is 15.0 Å². The molecule has 6 nitrogen and oxygen atoms in total. The smallest absolute Gasteiger partial charge is 0.868 e. The maximum absolute atomic E-state index is 13.3. The van der Waals surface area contributed by atoms with Gasteiger partial charge in [0.15, 0.2) is 12.4 Å². The third-order valence-corrected chi connectivity index (χ3v) is 12.2. The standard InChI is InChI=1S/C55H34N4O2.2Li/c60-48-29-27-41(43-17-9-31-56-53(43)48)50-39-13-4-5-14-40(39)51(42-28-30-49(61)54-44(42)18-10-32-57-54)52-38-16-8-15-36(37(38)25-26-45(50)52)33-21-23-34(24-22-33)55-58-46-19-6-7-20-47(46)59(55)35-11-2-1-3-12-35;;/h1-32,60-61H;;/q;2*+1. The number of benzene rings is 9. The van der Waals surface area contributed by atoms with Crippen molar-refractivity contribution in [1.82, 2.24) is 9.55 Å². The summed E-state index contributed by atoms with van der Waals surface area (Å²) >= 11 is 0. The number of para-hydroxylation sites is 3. The largest absolute Gasteiger partial charge is 1.00 e. The molecule has 0 saturated heterocycles. The zero-order chi connectivity index (χ0) is 40.6.